The Kier molecular flexibility index (Phi) is 7.21. The van der Waals surface area contributed by atoms with Crippen LogP contribution in [-0.2, 0) is 20.4 Å². The van der Waals surface area contributed by atoms with E-state index in [0.717, 1.165) is 0 Å². The highest BCUT2D eigenvalue weighted by molar-refractivity contribution is 6.04. The van der Waals surface area contributed by atoms with Gasteiger partial charge in [0.15, 0.2) is 5.69 Å². The summed E-state index contributed by atoms with van der Waals surface area (Å²) in [5.41, 5.74) is -0.965. The Morgan fingerprint density at radius 2 is 1.81 bits per heavy atom. The first-order chi connectivity index (χ1) is 17.4. The number of hydrogen-bond acceptors (Lipinski definition) is 8. The topological polar surface area (TPSA) is 107 Å². The summed E-state index contributed by atoms with van der Waals surface area (Å²) in [6.45, 7) is 6.17. The highest BCUT2D eigenvalue weighted by Crippen LogP contribution is 2.35. The van der Waals surface area contributed by atoms with E-state index >= 15 is 0 Å². The number of nitrogens with one attached hydrogen (secondary N) is 1. The molecule has 1 fully saturated rings. The number of ether oxygens (including phenoxy) is 2. The van der Waals surface area contributed by atoms with E-state index in [0.29, 0.717) is 24.5 Å². The van der Waals surface area contributed by atoms with Crippen molar-refractivity contribution in [2.75, 3.05) is 29.9 Å². The van der Waals surface area contributed by atoms with Crippen LogP contribution in [0.1, 0.15) is 37.0 Å². The van der Waals surface area contributed by atoms with E-state index in [1.807, 2.05) is 4.90 Å². The number of halogens is 3. The van der Waals surface area contributed by atoms with Crippen molar-refractivity contribution >= 4 is 23.4 Å². The summed E-state index contributed by atoms with van der Waals surface area (Å²) in [5, 5.41) is 2.38. The molecular weight excluding hydrogens is 493 g/mol. The number of hydrogen-bond donors (Lipinski definition) is 1. The second kappa shape index (κ2) is 10.2. The number of carbonyl (C=O) groups excluding carboxylic acids is 2. The van der Waals surface area contributed by atoms with Crippen LogP contribution >= 0.6 is 0 Å². The van der Waals surface area contributed by atoms with Gasteiger partial charge in [-0.1, -0.05) is 18.2 Å². The first-order valence-electron chi connectivity index (χ1n) is 11.4. The lowest BCUT2D eigenvalue weighted by Crippen LogP contribution is -2.53. The number of amides is 1. The lowest BCUT2D eigenvalue weighted by atomic mass is 10.1. The molecule has 1 aliphatic heterocycles. The highest BCUT2D eigenvalue weighted by atomic mass is 19.4. The van der Waals surface area contributed by atoms with Gasteiger partial charge in [0, 0.05) is 18.7 Å². The minimum atomic E-state index is -4.91. The predicted molar refractivity (Wildman–Crippen MR) is 127 cm³/mol. The molecule has 9 nitrogen and oxygen atoms in total. The second-order valence-electron chi connectivity index (χ2n) is 9.34. The predicted octanol–water partition coefficient (Wildman–Crippen LogP) is 4.55. The van der Waals surface area contributed by atoms with Crippen LogP contribution in [0.25, 0.3) is 11.5 Å². The average Bonchev–Trinajstić information content (AvgIpc) is 3.25. The summed E-state index contributed by atoms with van der Waals surface area (Å²) in [6.07, 6.45) is -3.75. The van der Waals surface area contributed by atoms with E-state index in [-0.39, 0.29) is 24.3 Å². The largest absolute Gasteiger partial charge is 0.458 e. The van der Waals surface area contributed by atoms with Crippen molar-refractivity contribution in [1.29, 1.82) is 0 Å². The van der Waals surface area contributed by atoms with Crippen molar-refractivity contribution in [3.05, 3.63) is 60.1 Å². The number of carbonyl (C=O) groups is 2. The van der Waals surface area contributed by atoms with Crippen LogP contribution in [0.2, 0.25) is 0 Å². The van der Waals surface area contributed by atoms with Crippen LogP contribution in [0.15, 0.2) is 53.1 Å². The number of anilines is 2. The fraction of sp³-hybridized carbons (Fsp3) is 0.360. The Morgan fingerprint density at radius 1 is 1.11 bits per heavy atom. The quantitative estimate of drug-likeness (QED) is 0.454. The molecule has 4 rings (SSSR count). The van der Waals surface area contributed by atoms with Gasteiger partial charge in [-0.15, -0.1) is 0 Å². The molecule has 0 atom stereocenters. The number of nitrogens with zero attached hydrogens (tertiary/aromatic N) is 3. The van der Waals surface area contributed by atoms with Crippen LogP contribution in [0.3, 0.4) is 0 Å². The van der Waals surface area contributed by atoms with Crippen molar-refractivity contribution in [2.24, 2.45) is 0 Å². The van der Waals surface area contributed by atoms with Crippen molar-refractivity contribution in [3.63, 3.8) is 0 Å². The SMILES string of the molecule is CC(C)(C)OC(=O)COC1CN(c2ccc(NC(=O)c3nc(-c4ccccc4)oc3C(F)(F)F)cn2)C1. The summed E-state index contributed by atoms with van der Waals surface area (Å²) >= 11 is 0. The number of alkyl halides is 3. The molecular formula is C25H25F3N4O5. The molecule has 0 bridgehead atoms. The molecule has 37 heavy (non-hydrogen) atoms. The molecule has 1 N–H and O–H groups in total. The van der Waals surface area contributed by atoms with Gasteiger partial charge in [-0.3, -0.25) is 4.79 Å². The van der Waals surface area contributed by atoms with E-state index in [1.54, 1.807) is 45.0 Å². The Bertz CT molecular complexity index is 1250. The molecule has 0 aliphatic carbocycles. The van der Waals surface area contributed by atoms with Crippen molar-refractivity contribution in [3.8, 4) is 11.5 Å². The fourth-order valence-electron chi connectivity index (χ4n) is 3.50. The molecule has 12 heteroatoms. The van der Waals surface area contributed by atoms with Crippen LogP contribution in [-0.4, -0.2) is 53.2 Å². The molecule has 196 valence electrons. The van der Waals surface area contributed by atoms with Crippen molar-refractivity contribution in [2.45, 2.75) is 38.7 Å². The molecule has 1 aromatic carbocycles. The van der Waals surface area contributed by atoms with Gasteiger partial charge >= 0.3 is 12.1 Å². The second-order valence-corrected chi connectivity index (χ2v) is 9.34. The van der Waals surface area contributed by atoms with Crippen LogP contribution < -0.4 is 10.2 Å². The monoisotopic (exact) mass is 518 g/mol. The third kappa shape index (κ3) is 6.64. The van der Waals surface area contributed by atoms with Gasteiger partial charge in [0.25, 0.3) is 5.91 Å². The average molecular weight is 518 g/mol. The third-order valence-corrected chi connectivity index (χ3v) is 5.16. The fourth-order valence-corrected chi connectivity index (χ4v) is 3.50. The molecule has 0 unspecified atom stereocenters. The highest BCUT2D eigenvalue weighted by Gasteiger charge is 2.42. The van der Waals surface area contributed by atoms with Crippen LogP contribution in [0.5, 0.6) is 0 Å². The van der Waals surface area contributed by atoms with E-state index in [4.69, 9.17) is 13.9 Å². The first kappa shape index (κ1) is 26.1. The Hall–Kier alpha value is -3.93. The summed E-state index contributed by atoms with van der Waals surface area (Å²) in [4.78, 5) is 34.3. The van der Waals surface area contributed by atoms with Gasteiger partial charge in [-0.05, 0) is 45.0 Å². The van der Waals surface area contributed by atoms with Crippen molar-refractivity contribution in [1.82, 2.24) is 9.97 Å². The van der Waals surface area contributed by atoms with Crippen LogP contribution in [0.4, 0.5) is 24.7 Å². The number of esters is 1. The first-order valence-corrected chi connectivity index (χ1v) is 11.4. The summed E-state index contributed by atoms with van der Waals surface area (Å²) < 4.78 is 56.1. The standard InChI is InChI=1S/C25H25F3N4O5/c1-24(2,3)37-19(33)14-35-17-12-32(13-17)18-10-9-16(11-29-18)30-22(34)20-21(25(26,27)28)36-23(31-20)15-7-5-4-6-8-15/h4-11,17H,12-14H2,1-3H3,(H,30,34). The van der Waals surface area contributed by atoms with Gasteiger partial charge in [-0.25, -0.2) is 14.8 Å². The minimum Gasteiger partial charge on any atom is -0.458 e. The van der Waals surface area contributed by atoms with E-state index < -0.39 is 35.1 Å². The number of rotatable bonds is 7. The molecule has 0 spiro atoms. The summed E-state index contributed by atoms with van der Waals surface area (Å²) in [5.74, 6) is -2.73. The molecule has 0 saturated carbocycles. The van der Waals surface area contributed by atoms with Crippen molar-refractivity contribution < 1.29 is 36.7 Å². The van der Waals surface area contributed by atoms with E-state index in [2.05, 4.69) is 15.3 Å². The molecule has 1 aliphatic rings. The number of benzene rings is 1. The zero-order valence-corrected chi connectivity index (χ0v) is 20.3. The summed E-state index contributed by atoms with van der Waals surface area (Å²) in [7, 11) is 0. The Labute approximate surface area is 210 Å². The Balaban J connectivity index is 1.35. The van der Waals surface area contributed by atoms with Gasteiger partial charge in [0.05, 0.1) is 18.0 Å². The normalized spacial score (nSPS) is 14.3. The molecule has 1 amide bonds. The number of aromatic nitrogens is 2. The zero-order chi connectivity index (χ0) is 26.8. The molecule has 1 saturated heterocycles. The molecule has 2 aromatic heterocycles. The molecule has 3 heterocycles. The summed E-state index contributed by atoms with van der Waals surface area (Å²) in [6, 6.07) is 11.1. The third-order valence-electron chi connectivity index (χ3n) is 5.16. The van der Waals surface area contributed by atoms with Gasteiger partial charge < -0.3 is 24.1 Å². The lowest BCUT2D eigenvalue weighted by molar-refractivity contribution is -0.162. The maximum atomic E-state index is 13.5. The van der Waals surface area contributed by atoms with Crippen LogP contribution in [0, 0.1) is 0 Å². The Morgan fingerprint density at radius 3 is 2.41 bits per heavy atom. The number of oxazole rings is 1. The maximum Gasteiger partial charge on any atom is 0.452 e. The maximum absolute atomic E-state index is 13.5. The van der Waals surface area contributed by atoms with Gasteiger partial charge in [0.2, 0.25) is 11.7 Å². The smallest absolute Gasteiger partial charge is 0.452 e. The van der Waals surface area contributed by atoms with Gasteiger partial charge in [0.1, 0.15) is 18.0 Å². The molecule has 0 radical (unpaired) electrons. The van der Waals surface area contributed by atoms with E-state index in [9.17, 15) is 22.8 Å². The van der Waals surface area contributed by atoms with E-state index in [1.165, 1.54) is 24.4 Å². The molecule has 3 aromatic rings. The minimum absolute atomic E-state index is 0.151. The zero-order valence-electron chi connectivity index (χ0n) is 20.3. The lowest BCUT2D eigenvalue weighted by Gasteiger charge is -2.39. The van der Waals surface area contributed by atoms with Gasteiger partial charge in [-0.2, -0.15) is 13.2 Å². The number of pyridine rings is 1.